The van der Waals surface area contributed by atoms with Crippen LogP contribution in [0.15, 0.2) is 42.5 Å². The van der Waals surface area contributed by atoms with E-state index < -0.39 is 0 Å². The molecule has 1 saturated heterocycles. The van der Waals surface area contributed by atoms with Crippen molar-refractivity contribution in [2.75, 3.05) is 33.4 Å². The lowest BCUT2D eigenvalue weighted by atomic mass is 10.1. The summed E-state index contributed by atoms with van der Waals surface area (Å²) < 4.78 is 11.4. The number of aliphatic hydroxyl groups is 1. The molecule has 0 aromatic heterocycles. The Morgan fingerprint density at radius 2 is 2.00 bits per heavy atom. The first-order chi connectivity index (χ1) is 10.8. The first-order valence-corrected chi connectivity index (χ1v) is 7.80. The zero-order chi connectivity index (χ0) is 15.4. The monoisotopic (exact) mass is 301 g/mol. The molecule has 1 N–H and O–H groups in total. The zero-order valence-electron chi connectivity index (χ0n) is 12.9. The van der Waals surface area contributed by atoms with E-state index in [1.165, 1.54) is 5.39 Å². The molecule has 4 nitrogen and oxygen atoms in total. The highest BCUT2D eigenvalue weighted by atomic mass is 16.5. The molecule has 1 fully saturated rings. The quantitative estimate of drug-likeness (QED) is 0.889. The summed E-state index contributed by atoms with van der Waals surface area (Å²) in [7, 11) is 1.73. The van der Waals surface area contributed by atoms with Crippen LogP contribution < -0.4 is 4.74 Å². The van der Waals surface area contributed by atoms with Gasteiger partial charge in [0.05, 0.1) is 12.7 Å². The van der Waals surface area contributed by atoms with Crippen LogP contribution in [0.2, 0.25) is 0 Å². The molecule has 0 saturated carbocycles. The Morgan fingerprint density at radius 3 is 2.82 bits per heavy atom. The Morgan fingerprint density at radius 1 is 1.18 bits per heavy atom. The molecule has 0 spiro atoms. The highest BCUT2D eigenvalue weighted by Gasteiger charge is 2.31. The third-order valence-corrected chi connectivity index (χ3v) is 4.42. The molecule has 2 aromatic carbocycles. The highest BCUT2D eigenvalue weighted by molar-refractivity contribution is 5.88. The number of rotatable bonds is 6. The zero-order valence-corrected chi connectivity index (χ0v) is 12.9. The van der Waals surface area contributed by atoms with Gasteiger partial charge in [-0.2, -0.15) is 0 Å². The van der Waals surface area contributed by atoms with Gasteiger partial charge in [0.25, 0.3) is 0 Å². The van der Waals surface area contributed by atoms with Crippen molar-refractivity contribution < 1.29 is 14.6 Å². The lowest BCUT2D eigenvalue weighted by molar-refractivity contribution is 0.105. The van der Waals surface area contributed by atoms with Crippen molar-refractivity contribution in [3.8, 4) is 5.75 Å². The number of nitrogens with zero attached hydrogens (tertiary/aromatic N) is 1. The summed E-state index contributed by atoms with van der Waals surface area (Å²) in [5.41, 5.74) is 0. The van der Waals surface area contributed by atoms with Crippen molar-refractivity contribution in [1.29, 1.82) is 0 Å². The minimum atomic E-state index is 0.175. The first-order valence-electron chi connectivity index (χ1n) is 7.80. The second-order valence-corrected chi connectivity index (χ2v) is 5.75. The second kappa shape index (κ2) is 7.09. The van der Waals surface area contributed by atoms with E-state index in [9.17, 15) is 5.11 Å². The molecule has 0 amide bonds. The maximum Gasteiger partial charge on any atom is 0.127 e. The normalized spacial score (nSPS) is 22.3. The number of hydrogen-bond donors (Lipinski definition) is 1. The van der Waals surface area contributed by atoms with E-state index in [-0.39, 0.29) is 18.8 Å². The van der Waals surface area contributed by atoms with Gasteiger partial charge in [0.1, 0.15) is 12.4 Å². The van der Waals surface area contributed by atoms with Gasteiger partial charge in [-0.1, -0.05) is 36.4 Å². The molecule has 2 atom stereocenters. The SMILES string of the molecule is CO[C@H]1C[C@@H](CO)N(CCOc2cccc3ccccc23)C1. The van der Waals surface area contributed by atoms with Gasteiger partial charge >= 0.3 is 0 Å². The summed E-state index contributed by atoms with van der Waals surface area (Å²) in [5, 5.41) is 11.8. The van der Waals surface area contributed by atoms with Crippen LogP contribution in [0.4, 0.5) is 0 Å². The van der Waals surface area contributed by atoms with Gasteiger partial charge in [-0.05, 0) is 17.9 Å². The molecule has 22 heavy (non-hydrogen) atoms. The van der Waals surface area contributed by atoms with E-state index >= 15 is 0 Å². The van der Waals surface area contributed by atoms with Crippen molar-refractivity contribution >= 4 is 10.8 Å². The number of fused-ring (bicyclic) bond motifs is 1. The van der Waals surface area contributed by atoms with Crippen LogP contribution in [-0.4, -0.2) is 55.6 Å². The third-order valence-electron chi connectivity index (χ3n) is 4.42. The average Bonchev–Trinajstić information content (AvgIpc) is 2.97. The number of aliphatic hydroxyl groups excluding tert-OH is 1. The lowest BCUT2D eigenvalue weighted by Gasteiger charge is -2.22. The van der Waals surface area contributed by atoms with Crippen molar-refractivity contribution in [3.63, 3.8) is 0 Å². The van der Waals surface area contributed by atoms with E-state index in [1.54, 1.807) is 7.11 Å². The Hall–Kier alpha value is -1.62. The topological polar surface area (TPSA) is 41.9 Å². The lowest BCUT2D eigenvalue weighted by Crippen LogP contribution is -2.35. The van der Waals surface area contributed by atoms with E-state index in [4.69, 9.17) is 9.47 Å². The Kier molecular flexibility index (Phi) is 4.93. The summed E-state index contributed by atoms with van der Waals surface area (Å²) in [6.45, 7) is 2.45. The summed E-state index contributed by atoms with van der Waals surface area (Å²) in [4.78, 5) is 2.25. The Bertz CT molecular complexity index is 611. The van der Waals surface area contributed by atoms with Crippen LogP contribution in [0.25, 0.3) is 10.8 Å². The number of hydrogen-bond acceptors (Lipinski definition) is 4. The van der Waals surface area contributed by atoms with Crippen LogP contribution in [0.3, 0.4) is 0 Å². The van der Waals surface area contributed by atoms with Crippen LogP contribution in [-0.2, 0) is 4.74 Å². The van der Waals surface area contributed by atoms with Crippen molar-refractivity contribution in [2.24, 2.45) is 0 Å². The fourth-order valence-corrected chi connectivity index (χ4v) is 3.17. The van der Waals surface area contributed by atoms with Gasteiger partial charge in [0, 0.05) is 31.6 Å². The summed E-state index contributed by atoms with van der Waals surface area (Å²) in [6.07, 6.45) is 1.11. The molecule has 4 heteroatoms. The van der Waals surface area contributed by atoms with Crippen molar-refractivity contribution in [3.05, 3.63) is 42.5 Å². The third kappa shape index (κ3) is 3.24. The first kappa shape index (κ1) is 15.3. The molecule has 2 aromatic rings. The van der Waals surface area contributed by atoms with E-state index in [2.05, 4.69) is 23.1 Å². The van der Waals surface area contributed by atoms with Gasteiger partial charge in [0.15, 0.2) is 0 Å². The van der Waals surface area contributed by atoms with Gasteiger partial charge < -0.3 is 14.6 Å². The molecular formula is C18H23NO3. The fraction of sp³-hybridized carbons (Fsp3) is 0.444. The predicted octanol–water partition coefficient (Wildman–Crippen LogP) is 2.30. The van der Waals surface area contributed by atoms with Crippen LogP contribution in [0.5, 0.6) is 5.75 Å². The molecule has 1 aliphatic rings. The standard InChI is InChI=1S/C18H23NO3/c1-21-16-11-15(13-20)19(12-16)9-10-22-18-8-4-6-14-5-2-3-7-17(14)18/h2-8,15-16,20H,9-13H2,1H3/t15-,16-/m0/s1. The summed E-state index contributed by atoms with van der Waals surface area (Å²) in [5.74, 6) is 0.918. The molecule has 3 rings (SSSR count). The fourth-order valence-electron chi connectivity index (χ4n) is 3.17. The van der Waals surface area contributed by atoms with Crippen molar-refractivity contribution in [1.82, 2.24) is 4.90 Å². The molecule has 0 aliphatic carbocycles. The maximum absolute atomic E-state index is 9.47. The minimum Gasteiger partial charge on any atom is -0.492 e. The second-order valence-electron chi connectivity index (χ2n) is 5.75. The predicted molar refractivity (Wildman–Crippen MR) is 87.3 cm³/mol. The molecule has 0 unspecified atom stereocenters. The van der Waals surface area contributed by atoms with Crippen LogP contribution in [0.1, 0.15) is 6.42 Å². The summed E-state index contributed by atoms with van der Waals surface area (Å²) >= 11 is 0. The summed E-state index contributed by atoms with van der Waals surface area (Å²) in [6, 6.07) is 14.5. The van der Waals surface area contributed by atoms with Gasteiger partial charge in [-0.15, -0.1) is 0 Å². The van der Waals surface area contributed by atoms with Crippen LogP contribution in [0, 0.1) is 0 Å². The smallest absolute Gasteiger partial charge is 0.127 e. The van der Waals surface area contributed by atoms with Gasteiger partial charge in [0.2, 0.25) is 0 Å². The Labute approximate surface area is 131 Å². The van der Waals surface area contributed by atoms with E-state index in [0.29, 0.717) is 6.61 Å². The Balaban J connectivity index is 1.60. The molecular weight excluding hydrogens is 278 g/mol. The molecule has 1 heterocycles. The number of benzene rings is 2. The van der Waals surface area contributed by atoms with Gasteiger partial charge in [-0.25, -0.2) is 0 Å². The molecule has 0 radical (unpaired) electrons. The average molecular weight is 301 g/mol. The molecule has 118 valence electrons. The van der Waals surface area contributed by atoms with Gasteiger partial charge in [-0.3, -0.25) is 4.90 Å². The van der Waals surface area contributed by atoms with Crippen LogP contribution >= 0.6 is 0 Å². The van der Waals surface area contributed by atoms with E-state index in [0.717, 1.165) is 30.6 Å². The maximum atomic E-state index is 9.47. The molecule has 0 bridgehead atoms. The van der Waals surface area contributed by atoms with Crippen molar-refractivity contribution in [2.45, 2.75) is 18.6 Å². The minimum absolute atomic E-state index is 0.175. The number of ether oxygens (including phenoxy) is 2. The largest absolute Gasteiger partial charge is 0.492 e. The number of methoxy groups -OCH3 is 1. The van der Waals surface area contributed by atoms with E-state index in [1.807, 2.05) is 24.3 Å². The number of likely N-dealkylation sites (tertiary alicyclic amines) is 1. The molecule has 1 aliphatic heterocycles. The highest BCUT2D eigenvalue weighted by Crippen LogP contribution is 2.25.